The largest absolute Gasteiger partial charge is 0.316 e. The molecule has 0 spiro atoms. The third kappa shape index (κ3) is 0.710. The maximum absolute atomic E-state index is 3.46. The Morgan fingerprint density at radius 3 is 3.22 bits per heavy atom. The zero-order valence-electron chi connectivity index (χ0n) is 6.11. The van der Waals surface area contributed by atoms with Crippen molar-refractivity contribution < 1.29 is 0 Å². The van der Waals surface area contributed by atoms with Crippen molar-refractivity contribution in [2.24, 2.45) is 11.3 Å². The third-order valence-corrected chi connectivity index (χ3v) is 3.21. The molecule has 1 saturated carbocycles. The zero-order valence-corrected chi connectivity index (χ0v) is 6.11. The van der Waals surface area contributed by atoms with Crippen LogP contribution in [0, 0.1) is 11.3 Å². The van der Waals surface area contributed by atoms with Gasteiger partial charge in [0.1, 0.15) is 0 Å². The summed E-state index contributed by atoms with van der Waals surface area (Å²) in [7, 11) is 0. The van der Waals surface area contributed by atoms with Crippen LogP contribution in [0.4, 0.5) is 0 Å². The fraction of sp³-hybridized carbons (Fsp3) is 1.00. The summed E-state index contributed by atoms with van der Waals surface area (Å²) >= 11 is 0. The highest BCUT2D eigenvalue weighted by molar-refractivity contribution is 4.95. The first-order valence-corrected chi connectivity index (χ1v) is 4.02. The average Bonchev–Trinajstić information content (AvgIpc) is 2.22. The Morgan fingerprint density at radius 1 is 1.56 bits per heavy atom. The van der Waals surface area contributed by atoms with Gasteiger partial charge in [0, 0.05) is 6.54 Å². The maximum atomic E-state index is 3.46. The van der Waals surface area contributed by atoms with Gasteiger partial charge in [-0.3, -0.25) is 0 Å². The normalized spacial score (nSPS) is 49.7. The summed E-state index contributed by atoms with van der Waals surface area (Å²) < 4.78 is 0. The molecule has 52 valence electrons. The highest BCUT2D eigenvalue weighted by Gasteiger charge is 2.41. The molecule has 1 N–H and O–H groups in total. The average molecular weight is 125 g/mol. The summed E-state index contributed by atoms with van der Waals surface area (Å²) in [6, 6.07) is 0. The first-order chi connectivity index (χ1) is 4.31. The smallest absolute Gasteiger partial charge is 0.000841 e. The van der Waals surface area contributed by atoms with E-state index in [0.29, 0.717) is 5.41 Å². The van der Waals surface area contributed by atoms with E-state index < -0.39 is 0 Å². The van der Waals surface area contributed by atoms with Gasteiger partial charge in [0.15, 0.2) is 0 Å². The summed E-state index contributed by atoms with van der Waals surface area (Å²) in [6.07, 6.45) is 4.41. The van der Waals surface area contributed by atoms with Gasteiger partial charge < -0.3 is 5.32 Å². The van der Waals surface area contributed by atoms with E-state index in [1.54, 1.807) is 0 Å². The molecule has 1 heterocycles. The number of hydrogen-bond donors (Lipinski definition) is 1. The second-order valence-corrected chi connectivity index (χ2v) is 3.87. The van der Waals surface area contributed by atoms with Gasteiger partial charge in [-0.05, 0) is 30.7 Å². The van der Waals surface area contributed by atoms with Gasteiger partial charge in [-0.1, -0.05) is 13.3 Å². The predicted molar refractivity (Wildman–Crippen MR) is 38.3 cm³/mol. The topological polar surface area (TPSA) is 12.0 Å². The van der Waals surface area contributed by atoms with Crippen molar-refractivity contribution in [1.82, 2.24) is 5.32 Å². The molecule has 9 heavy (non-hydrogen) atoms. The molecule has 1 aliphatic carbocycles. The van der Waals surface area contributed by atoms with Crippen molar-refractivity contribution in [1.29, 1.82) is 0 Å². The highest BCUT2D eigenvalue weighted by atomic mass is 14.9. The van der Waals surface area contributed by atoms with Crippen LogP contribution in [0.25, 0.3) is 0 Å². The molecule has 1 saturated heterocycles. The lowest BCUT2D eigenvalue weighted by atomic mass is 9.83. The van der Waals surface area contributed by atoms with E-state index in [1.165, 1.54) is 32.4 Å². The molecular formula is C8H15N. The van der Waals surface area contributed by atoms with E-state index in [1.807, 2.05) is 0 Å². The molecule has 1 heteroatoms. The Balaban J connectivity index is 2.17. The van der Waals surface area contributed by atoms with Crippen molar-refractivity contribution in [2.75, 3.05) is 13.1 Å². The van der Waals surface area contributed by atoms with E-state index in [9.17, 15) is 0 Å². The maximum Gasteiger partial charge on any atom is 0.000841 e. The lowest BCUT2D eigenvalue weighted by molar-refractivity contribution is 0.306. The first kappa shape index (κ1) is 5.72. The Bertz CT molecular complexity index is 110. The Labute approximate surface area is 56.8 Å². The standard InChI is InChI=1S/C8H15N/c1-8-4-2-3-7(8)5-9-6-8/h7,9H,2-6H2,1H3. The van der Waals surface area contributed by atoms with Crippen LogP contribution in [0.2, 0.25) is 0 Å². The Kier molecular flexibility index (Phi) is 1.10. The van der Waals surface area contributed by atoms with Crippen LogP contribution in [0.1, 0.15) is 26.2 Å². The molecule has 2 rings (SSSR count). The van der Waals surface area contributed by atoms with Crippen LogP contribution in [0.3, 0.4) is 0 Å². The van der Waals surface area contributed by atoms with Gasteiger partial charge in [0.05, 0.1) is 0 Å². The minimum Gasteiger partial charge on any atom is -0.316 e. The van der Waals surface area contributed by atoms with Crippen molar-refractivity contribution >= 4 is 0 Å². The van der Waals surface area contributed by atoms with E-state index in [4.69, 9.17) is 0 Å². The predicted octanol–water partition coefficient (Wildman–Crippen LogP) is 1.40. The summed E-state index contributed by atoms with van der Waals surface area (Å²) in [5, 5.41) is 3.46. The van der Waals surface area contributed by atoms with Crippen LogP contribution in [0.5, 0.6) is 0 Å². The quantitative estimate of drug-likeness (QED) is 0.516. The first-order valence-electron chi connectivity index (χ1n) is 4.02. The molecule has 2 atom stereocenters. The van der Waals surface area contributed by atoms with Crippen molar-refractivity contribution in [3.05, 3.63) is 0 Å². The Morgan fingerprint density at radius 2 is 2.44 bits per heavy atom. The molecule has 0 amide bonds. The summed E-state index contributed by atoms with van der Waals surface area (Å²) in [5.41, 5.74) is 0.694. The summed E-state index contributed by atoms with van der Waals surface area (Å²) in [6.45, 7) is 5.00. The van der Waals surface area contributed by atoms with Crippen LogP contribution in [-0.4, -0.2) is 13.1 Å². The molecule has 0 bridgehead atoms. The monoisotopic (exact) mass is 125 g/mol. The van der Waals surface area contributed by atoms with Gasteiger partial charge in [-0.25, -0.2) is 0 Å². The van der Waals surface area contributed by atoms with Crippen molar-refractivity contribution in [2.45, 2.75) is 26.2 Å². The van der Waals surface area contributed by atoms with Gasteiger partial charge in [-0.15, -0.1) is 0 Å². The molecule has 0 aromatic heterocycles. The Hall–Kier alpha value is -0.0400. The molecule has 0 aromatic carbocycles. The van der Waals surface area contributed by atoms with Crippen LogP contribution in [0.15, 0.2) is 0 Å². The van der Waals surface area contributed by atoms with Gasteiger partial charge in [-0.2, -0.15) is 0 Å². The van der Waals surface area contributed by atoms with Crippen molar-refractivity contribution in [3.8, 4) is 0 Å². The molecule has 2 fully saturated rings. The SMILES string of the molecule is CC12CCCC1CNC2. The lowest BCUT2D eigenvalue weighted by Crippen LogP contribution is -2.20. The fourth-order valence-corrected chi connectivity index (χ4v) is 2.42. The van der Waals surface area contributed by atoms with Crippen LogP contribution in [-0.2, 0) is 0 Å². The van der Waals surface area contributed by atoms with Gasteiger partial charge >= 0.3 is 0 Å². The zero-order chi connectivity index (χ0) is 6.32. The van der Waals surface area contributed by atoms with Gasteiger partial charge in [0.2, 0.25) is 0 Å². The van der Waals surface area contributed by atoms with E-state index >= 15 is 0 Å². The van der Waals surface area contributed by atoms with Crippen LogP contribution < -0.4 is 5.32 Å². The van der Waals surface area contributed by atoms with E-state index in [-0.39, 0.29) is 0 Å². The van der Waals surface area contributed by atoms with E-state index in [2.05, 4.69) is 12.2 Å². The molecule has 2 aliphatic rings. The molecule has 2 unspecified atom stereocenters. The molecule has 0 radical (unpaired) electrons. The number of fused-ring (bicyclic) bond motifs is 1. The summed E-state index contributed by atoms with van der Waals surface area (Å²) in [4.78, 5) is 0. The van der Waals surface area contributed by atoms with Crippen LogP contribution >= 0.6 is 0 Å². The second kappa shape index (κ2) is 1.72. The second-order valence-electron chi connectivity index (χ2n) is 3.87. The van der Waals surface area contributed by atoms with Crippen molar-refractivity contribution in [3.63, 3.8) is 0 Å². The molecule has 1 aliphatic heterocycles. The minimum absolute atomic E-state index is 0.694. The fourth-order valence-electron chi connectivity index (χ4n) is 2.42. The number of hydrogen-bond acceptors (Lipinski definition) is 1. The number of rotatable bonds is 0. The minimum atomic E-state index is 0.694. The summed E-state index contributed by atoms with van der Waals surface area (Å²) in [5.74, 6) is 1.01. The lowest BCUT2D eigenvalue weighted by Gasteiger charge is -2.21. The number of nitrogens with one attached hydrogen (secondary N) is 1. The van der Waals surface area contributed by atoms with Gasteiger partial charge in [0.25, 0.3) is 0 Å². The molecule has 1 nitrogen and oxygen atoms in total. The molecule has 0 aromatic rings. The highest BCUT2D eigenvalue weighted by Crippen LogP contribution is 2.44. The molecular weight excluding hydrogens is 110 g/mol. The van der Waals surface area contributed by atoms with E-state index in [0.717, 1.165) is 5.92 Å². The third-order valence-electron chi connectivity index (χ3n) is 3.21.